The molecule has 2 atom stereocenters. The van der Waals surface area contributed by atoms with Crippen molar-refractivity contribution in [1.82, 2.24) is 9.97 Å². The van der Waals surface area contributed by atoms with E-state index in [2.05, 4.69) is 48.3 Å². The van der Waals surface area contributed by atoms with E-state index in [1.54, 1.807) is 0 Å². The van der Waals surface area contributed by atoms with Crippen LogP contribution in [-0.2, 0) is 6.42 Å². The number of nitrogens with one attached hydrogen (secondary N) is 1. The molecule has 3 nitrogen and oxygen atoms in total. The van der Waals surface area contributed by atoms with Crippen molar-refractivity contribution in [2.45, 2.75) is 44.1 Å². The maximum Gasteiger partial charge on any atom is 0.264 e. The number of aromatic amines is 1. The molecule has 2 heterocycles. The average molecular weight is 424 g/mol. The van der Waals surface area contributed by atoms with Crippen molar-refractivity contribution >= 4 is 46.1 Å². The molecule has 0 spiro atoms. The molecule has 112 valence electrons. The molecular weight excluding hydrogens is 403 g/mol. The molecule has 0 amide bonds. The maximum atomic E-state index is 12.2. The van der Waals surface area contributed by atoms with Gasteiger partial charge in [0.15, 0.2) is 0 Å². The van der Waals surface area contributed by atoms with Gasteiger partial charge in [0.2, 0.25) is 0 Å². The highest BCUT2D eigenvalue weighted by atomic mass is 127. The van der Waals surface area contributed by atoms with Crippen molar-refractivity contribution < 1.29 is 0 Å². The summed E-state index contributed by atoms with van der Waals surface area (Å²) in [5.74, 6) is 3.74. The van der Waals surface area contributed by atoms with E-state index in [9.17, 15) is 4.79 Å². The van der Waals surface area contributed by atoms with Crippen LogP contribution in [0.3, 0.4) is 0 Å². The lowest BCUT2D eigenvalue weighted by Gasteiger charge is -2.29. The van der Waals surface area contributed by atoms with Crippen LogP contribution >= 0.6 is 46.1 Å². The Morgan fingerprint density at radius 2 is 2.10 bits per heavy atom. The highest BCUT2D eigenvalue weighted by Gasteiger charge is 2.29. The Hall–Kier alpha value is 0.310. The third-order valence-corrected chi connectivity index (χ3v) is 7.64. The van der Waals surface area contributed by atoms with E-state index in [1.165, 1.54) is 5.75 Å². The standard InChI is InChI=1S/C14H21IN2OS2/c1-4-10-12(20-6-5-19-10)13-16-9(7-8(2)3)11(15)14(18)17-13/h8,10,12H,4-7H2,1-3H3,(H,16,17,18). The molecule has 1 N–H and O–H groups in total. The summed E-state index contributed by atoms with van der Waals surface area (Å²) in [6, 6.07) is 0. The van der Waals surface area contributed by atoms with Gasteiger partial charge >= 0.3 is 0 Å². The van der Waals surface area contributed by atoms with E-state index in [-0.39, 0.29) is 5.56 Å². The Labute approximate surface area is 142 Å². The van der Waals surface area contributed by atoms with Gasteiger partial charge in [-0.15, -0.1) is 11.8 Å². The summed E-state index contributed by atoms with van der Waals surface area (Å²) in [4.78, 5) is 20.0. The van der Waals surface area contributed by atoms with Crippen molar-refractivity contribution in [3.8, 4) is 0 Å². The molecular formula is C14H21IN2OS2. The first-order valence-electron chi connectivity index (χ1n) is 7.04. The number of nitrogens with zero attached hydrogens (tertiary/aromatic N) is 1. The maximum absolute atomic E-state index is 12.2. The Morgan fingerprint density at radius 1 is 1.40 bits per heavy atom. The summed E-state index contributed by atoms with van der Waals surface area (Å²) in [6.45, 7) is 6.55. The summed E-state index contributed by atoms with van der Waals surface area (Å²) in [7, 11) is 0. The van der Waals surface area contributed by atoms with Crippen molar-refractivity contribution in [2.75, 3.05) is 11.5 Å². The molecule has 2 rings (SSSR count). The number of thioether (sulfide) groups is 2. The second kappa shape index (κ2) is 7.54. The first-order chi connectivity index (χ1) is 9.52. The highest BCUT2D eigenvalue weighted by Crippen LogP contribution is 2.42. The molecule has 20 heavy (non-hydrogen) atoms. The molecule has 0 bridgehead atoms. The van der Waals surface area contributed by atoms with Gasteiger partial charge in [0.1, 0.15) is 5.82 Å². The molecule has 0 aromatic carbocycles. The third kappa shape index (κ3) is 3.94. The quantitative estimate of drug-likeness (QED) is 0.746. The summed E-state index contributed by atoms with van der Waals surface area (Å²) < 4.78 is 0.751. The minimum atomic E-state index is 0.0253. The summed E-state index contributed by atoms with van der Waals surface area (Å²) >= 11 is 6.07. The van der Waals surface area contributed by atoms with Gasteiger partial charge in [0.05, 0.1) is 14.5 Å². The fourth-order valence-corrected chi connectivity index (χ4v) is 5.83. The van der Waals surface area contributed by atoms with Crippen LogP contribution in [0.5, 0.6) is 0 Å². The number of H-pyrrole nitrogens is 1. The molecule has 1 aliphatic heterocycles. The van der Waals surface area contributed by atoms with Crippen LogP contribution in [0, 0.1) is 9.49 Å². The molecule has 2 unspecified atom stereocenters. The number of hydrogen-bond acceptors (Lipinski definition) is 4. The smallest absolute Gasteiger partial charge is 0.264 e. The highest BCUT2D eigenvalue weighted by molar-refractivity contribution is 14.1. The molecule has 1 saturated heterocycles. The number of rotatable bonds is 4. The predicted octanol–water partition coefficient (Wildman–Crippen LogP) is 3.87. The SMILES string of the molecule is CCC1SCCSC1c1nc(CC(C)C)c(I)c(=O)[nH]1. The van der Waals surface area contributed by atoms with Gasteiger partial charge in [-0.3, -0.25) is 4.79 Å². The van der Waals surface area contributed by atoms with Gasteiger partial charge in [-0.05, 0) is 41.4 Å². The molecule has 1 aliphatic rings. The molecule has 1 aromatic heterocycles. The average Bonchev–Trinajstić information content (AvgIpc) is 2.43. The molecule has 1 fully saturated rings. The van der Waals surface area contributed by atoms with Gasteiger partial charge in [0, 0.05) is 16.8 Å². The predicted molar refractivity (Wildman–Crippen MR) is 97.9 cm³/mol. The van der Waals surface area contributed by atoms with Crippen molar-refractivity contribution in [3.05, 3.63) is 25.4 Å². The lowest BCUT2D eigenvalue weighted by atomic mass is 10.1. The molecule has 1 aromatic rings. The Bertz CT molecular complexity index is 518. The second-order valence-corrected chi connectivity index (χ2v) is 9.09. The fourth-order valence-electron chi connectivity index (χ4n) is 2.34. The zero-order chi connectivity index (χ0) is 14.7. The molecule has 0 radical (unpaired) electrons. The lowest BCUT2D eigenvalue weighted by Crippen LogP contribution is -2.26. The monoisotopic (exact) mass is 424 g/mol. The first-order valence-corrected chi connectivity index (χ1v) is 10.2. The Balaban J connectivity index is 2.36. The van der Waals surface area contributed by atoms with Crippen molar-refractivity contribution in [2.24, 2.45) is 5.92 Å². The number of aromatic nitrogens is 2. The van der Waals surface area contributed by atoms with Gasteiger partial charge in [-0.25, -0.2) is 4.98 Å². The van der Waals surface area contributed by atoms with Crippen LogP contribution in [0.4, 0.5) is 0 Å². The van der Waals surface area contributed by atoms with Crippen LogP contribution in [0.1, 0.15) is 44.0 Å². The molecule has 0 saturated carbocycles. The third-order valence-electron chi connectivity index (χ3n) is 3.27. The van der Waals surface area contributed by atoms with Crippen LogP contribution in [0.2, 0.25) is 0 Å². The van der Waals surface area contributed by atoms with Gasteiger partial charge in [0.25, 0.3) is 5.56 Å². The van der Waals surface area contributed by atoms with E-state index < -0.39 is 0 Å². The zero-order valence-electron chi connectivity index (χ0n) is 12.1. The van der Waals surface area contributed by atoms with E-state index >= 15 is 0 Å². The van der Waals surface area contributed by atoms with Gasteiger partial charge in [-0.1, -0.05) is 20.8 Å². The largest absolute Gasteiger partial charge is 0.309 e. The van der Waals surface area contributed by atoms with E-state index in [4.69, 9.17) is 4.98 Å². The summed E-state index contributed by atoms with van der Waals surface area (Å²) in [5.41, 5.74) is 0.989. The van der Waals surface area contributed by atoms with Crippen LogP contribution in [0.25, 0.3) is 0 Å². The van der Waals surface area contributed by atoms with E-state index in [0.717, 1.165) is 33.7 Å². The first kappa shape index (κ1) is 16.7. The molecule has 6 heteroatoms. The van der Waals surface area contributed by atoms with Crippen LogP contribution in [-0.4, -0.2) is 26.7 Å². The van der Waals surface area contributed by atoms with E-state index in [1.807, 2.05) is 23.5 Å². The Kier molecular flexibility index (Phi) is 6.28. The van der Waals surface area contributed by atoms with Crippen molar-refractivity contribution in [3.63, 3.8) is 0 Å². The number of hydrogen-bond donors (Lipinski definition) is 1. The minimum absolute atomic E-state index is 0.0253. The number of halogens is 1. The summed E-state index contributed by atoms with van der Waals surface area (Å²) in [5, 5.41) is 0.887. The van der Waals surface area contributed by atoms with Gasteiger partial charge in [-0.2, -0.15) is 11.8 Å². The second-order valence-electron chi connectivity index (χ2n) is 5.42. The normalized spacial score (nSPS) is 23.2. The lowest BCUT2D eigenvalue weighted by molar-refractivity contribution is 0.622. The Morgan fingerprint density at radius 3 is 2.75 bits per heavy atom. The topological polar surface area (TPSA) is 45.8 Å². The van der Waals surface area contributed by atoms with Crippen molar-refractivity contribution in [1.29, 1.82) is 0 Å². The van der Waals surface area contributed by atoms with Crippen LogP contribution < -0.4 is 5.56 Å². The summed E-state index contributed by atoms with van der Waals surface area (Å²) in [6.07, 6.45) is 1.99. The zero-order valence-corrected chi connectivity index (χ0v) is 15.9. The van der Waals surface area contributed by atoms with Crippen LogP contribution in [0.15, 0.2) is 4.79 Å². The fraction of sp³-hybridized carbons (Fsp3) is 0.714. The molecule has 0 aliphatic carbocycles. The van der Waals surface area contributed by atoms with E-state index in [0.29, 0.717) is 16.4 Å². The minimum Gasteiger partial charge on any atom is -0.309 e. The van der Waals surface area contributed by atoms with Gasteiger partial charge < -0.3 is 4.98 Å².